The van der Waals surface area contributed by atoms with E-state index in [-0.39, 0.29) is 5.84 Å². The standard InChI is InChI=1S/C14H22N4O/c1-3-17-6-8-18(9-7-17)13-10-11(2)4-5-12(13)14(15)16-19/h4-5,10,19H,3,6-9H2,1-2H3,(H2,15,16). The van der Waals surface area contributed by atoms with Crippen LogP contribution in [0.1, 0.15) is 18.1 Å². The average molecular weight is 262 g/mol. The number of likely N-dealkylation sites (N-methyl/N-ethyl adjacent to an activating group) is 1. The number of nitrogens with zero attached hydrogens (tertiary/aromatic N) is 3. The summed E-state index contributed by atoms with van der Waals surface area (Å²) >= 11 is 0. The molecule has 0 unspecified atom stereocenters. The Kier molecular flexibility index (Phi) is 4.27. The van der Waals surface area contributed by atoms with E-state index in [1.807, 2.05) is 12.1 Å². The first kappa shape index (κ1) is 13.7. The topological polar surface area (TPSA) is 65.1 Å². The van der Waals surface area contributed by atoms with Crippen LogP contribution in [0.25, 0.3) is 0 Å². The summed E-state index contributed by atoms with van der Waals surface area (Å²) in [6.45, 7) is 9.40. The van der Waals surface area contributed by atoms with Crippen LogP contribution in [0.15, 0.2) is 23.4 Å². The molecular formula is C14H22N4O. The number of anilines is 1. The second kappa shape index (κ2) is 5.93. The first-order valence-electron chi connectivity index (χ1n) is 6.71. The lowest BCUT2D eigenvalue weighted by atomic mass is 10.1. The second-order valence-corrected chi connectivity index (χ2v) is 4.93. The largest absolute Gasteiger partial charge is 0.409 e. The van der Waals surface area contributed by atoms with E-state index in [9.17, 15) is 0 Å². The van der Waals surface area contributed by atoms with Crippen LogP contribution in [-0.2, 0) is 0 Å². The van der Waals surface area contributed by atoms with Crippen LogP contribution in [0.5, 0.6) is 0 Å². The van der Waals surface area contributed by atoms with Crippen molar-refractivity contribution in [3.8, 4) is 0 Å². The lowest BCUT2D eigenvalue weighted by molar-refractivity contribution is 0.271. The number of nitrogens with two attached hydrogens (primary N) is 1. The highest BCUT2D eigenvalue weighted by Gasteiger charge is 2.19. The number of aryl methyl sites for hydroxylation is 1. The molecule has 5 heteroatoms. The number of oxime groups is 1. The molecule has 1 aliphatic heterocycles. The SMILES string of the molecule is CCN1CCN(c2cc(C)ccc2C(N)=NO)CC1. The molecular weight excluding hydrogens is 240 g/mol. The highest BCUT2D eigenvalue weighted by atomic mass is 16.4. The molecule has 2 rings (SSSR count). The van der Waals surface area contributed by atoms with Crippen molar-refractivity contribution in [2.75, 3.05) is 37.6 Å². The van der Waals surface area contributed by atoms with Crippen molar-refractivity contribution in [2.24, 2.45) is 10.9 Å². The molecule has 104 valence electrons. The van der Waals surface area contributed by atoms with E-state index in [0.29, 0.717) is 0 Å². The molecule has 0 bridgehead atoms. The molecule has 1 heterocycles. The van der Waals surface area contributed by atoms with E-state index in [1.165, 1.54) is 5.56 Å². The number of rotatable bonds is 3. The van der Waals surface area contributed by atoms with Gasteiger partial charge in [-0.2, -0.15) is 0 Å². The Morgan fingerprint density at radius 3 is 2.58 bits per heavy atom. The van der Waals surface area contributed by atoms with Gasteiger partial charge in [0, 0.05) is 37.4 Å². The summed E-state index contributed by atoms with van der Waals surface area (Å²) in [5.74, 6) is 0.174. The highest BCUT2D eigenvalue weighted by molar-refractivity contribution is 6.02. The Morgan fingerprint density at radius 1 is 1.32 bits per heavy atom. The molecule has 0 amide bonds. The van der Waals surface area contributed by atoms with Gasteiger partial charge in [0.1, 0.15) is 0 Å². The van der Waals surface area contributed by atoms with Crippen LogP contribution in [0, 0.1) is 6.92 Å². The summed E-state index contributed by atoms with van der Waals surface area (Å²) < 4.78 is 0. The summed E-state index contributed by atoms with van der Waals surface area (Å²) in [4.78, 5) is 4.74. The third-order valence-electron chi connectivity index (χ3n) is 3.70. The van der Waals surface area contributed by atoms with Gasteiger partial charge in [-0.3, -0.25) is 0 Å². The molecule has 0 spiro atoms. The van der Waals surface area contributed by atoms with Gasteiger partial charge in [-0.1, -0.05) is 18.1 Å². The van der Waals surface area contributed by atoms with Crippen molar-refractivity contribution in [1.29, 1.82) is 0 Å². The molecule has 5 nitrogen and oxygen atoms in total. The summed E-state index contributed by atoms with van der Waals surface area (Å²) in [5, 5.41) is 12.0. The lowest BCUT2D eigenvalue weighted by Gasteiger charge is -2.36. The summed E-state index contributed by atoms with van der Waals surface area (Å²) in [7, 11) is 0. The minimum absolute atomic E-state index is 0.174. The van der Waals surface area contributed by atoms with E-state index < -0.39 is 0 Å². The molecule has 0 atom stereocenters. The number of benzene rings is 1. The molecule has 1 aromatic rings. The van der Waals surface area contributed by atoms with E-state index in [0.717, 1.165) is 44.0 Å². The first-order valence-corrected chi connectivity index (χ1v) is 6.71. The molecule has 0 aromatic heterocycles. The highest BCUT2D eigenvalue weighted by Crippen LogP contribution is 2.23. The van der Waals surface area contributed by atoms with Gasteiger partial charge in [0.2, 0.25) is 0 Å². The maximum atomic E-state index is 8.90. The Bertz CT molecular complexity index is 465. The predicted molar refractivity (Wildman–Crippen MR) is 78.0 cm³/mol. The van der Waals surface area contributed by atoms with Crippen molar-refractivity contribution in [2.45, 2.75) is 13.8 Å². The fraction of sp³-hybridized carbons (Fsp3) is 0.500. The third-order valence-corrected chi connectivity index (χ3v) is 3.70. The van der Waals surface area contributed by atoms with Crippen molar-refractivity contribution in [3.05, 3.63) is 29.3 Å². The van der Waals surface area contributed by atoms with E-state index in [1.54, 1.807) is 0 Å². The van der Waals surface area contributed by atoms with Crippen LogP contribution in [0.2, 0.25) is 0 Å². The zero-order chi connectivity index (χ0) is 13.8. The normalized spacial score (nSPS) is 17.8. The Morgan fingerprint density at radius 2 is 2.00 bits per heavy atom. The van der Waals surface area contributed by atoms with Gasteiger partial charge in [0.25, 0.3) is 0 Å². The minimum atomic E-state index is 0.174. The van der Waals surface area contributed by atoms with Crippen LogP contribution < -0.4 is 10.6 Å². The van der Waals surface area contributed by atoms with Gasteiger partial charge >= 0.3 is 0 Å². The number of hydrogen-bond acceptors (Lipinski definition) is 4. The van der Waals surface area contributed by atoms with Gasteiger partial charge in [-0.15, -0.1) is 0 Å². The summed E-state index contributed by atoms with van der Waals surface area (Å²) in [6.07, 6.45) is 0. The van der Waals surface area contributed by atoms with E-state index in [4.69, 9.17) is 10.9 Å². The molecule has 0 radical (unpaired) electrons. The van der Waals surface area contributed by atoms with Crippen molar-refractivity contribution < 1.29 is 5.21 Å². The van der Waals surface area contributed by atoms with Gasteiger partial charge in [-0.25, -0.2) is 0 Å². The smallest absolute Gasteiger partial charge is 0.172 e. The Hall–Kier alpha value is -1.75. The lowest BCUT2D eigenvalue weighted by Crippen LogP contribution is -2.46. The second-order valence-electron chi connectivity index (χ2n) is 4.93. The molecule has 0 saturated carbocycles. The number of amidine groups is 1. The Labute approximate surface area is 114 Å². The quantitative estimate of drug-likeness (QED) is 0.372. The van der Waals surface area contributed by atoms with E-state index in [2.05, 4.69) is 34.9 Å². The first-order chi connectivity index (χ1) is 9.15. The van der Waals surface area contributed by atoms with Crippen LogP contribution in [0.4, 0.5) is 5.69 Å². The van der Waals surface area contributed by atoms with Crippen molar-refractivity contribution in [3.63, 3.8) is 0 Å². The zero-order valence-corrected chi connectivity index (χ0v) is 11.6. The summed E-state index contributed by atoms with van der Waals surface area (Å²) in [5.41, 5.74) is 8.82. The van der Waals surface area contributed by atoms with Crippen molar-refractivity contribution >= 4 is 11.5 Å². The molecule has 1 saturated heterocycles. The molecule has 3 N–H and O–H groups in total. The average Bonchev–Trinajstić information content (AvgIpc) is 2.46. The Balaban J connectivity index is 2.26. The molecule has 1 aliphatic rings. The number of hydrogen-bond donors (Lipinski definition) is 2. The zero-order valence-electron chi connectivity index (χ0n) is 11.6. The van der Waals surface area contributed by atoms with Gasteiger partial charge in [0.05, 0.1) is 0 Å². The number of piperazine rings is 1. The predicted octanol–water partition coefficient (Wildman–Crippen LogP) is 1.23. The van der Waals surface area contributed by atoms with Gasteiger partial charge in [-0.05, 0) is 31.2 Å². The van der Waals surface area contributed by atoms with Crippen LogP contribution in [-0.4, -0.2) is 48.7 Å². The fourth-order valence-corrected chi connectivity index (χ4v) is 2.48. The molecule has 0 aliphatic carbocycles. The molecule has 1 fully saturated rings. The summed E-state index contributed by atoms with van der Waals surface area (Å²) in [6, 6.07) is 6.01. The van der Waals surface area contributed by atoms with E-state index >= 15 is 0 Å². The van der Waals surface area contributed by atoms with Crippen LogP contribution >= 0.6 is 0 Å². The monoisotopic (exact) mass is 262 g/mol. The third kappa shape index (κ3) is 2.98. The maximum Gasteiger partial charge on any atom is 0.172 e. The molecule has 19 heavy (non-hydrogen) atoms. The maximum absolute atomic E-state index is 8.90. The molecule has 1 aromatic carbocycles. The fourth-order valence-electron chi connectivity index (χ4n) is 2.48. The van der Waals surface area contributed by atoms with Crippen molar-refractivity contribution in [1.82, 2.24) is 4.90 Å². The minimum Gasteiger partial charge on any atom is -0.409 e. The van der Waals surface area contributed by atoms with Gasteiger partial charge < -0.3 is 20.7 Å². The van der Waals surface area contributed by atoms with Gasteiger partial charge in [0.15, 0.2) is 5.84 Å². The van der Waals surface area contributed by atoms with Crippen LogP contribution in [0.3, 0.4) is 0 Å².